The maximum absolute atomic E-state index is 12.8. The van der Waals surface area contributed by atoms with Crippen LogP contribution in [0.25, 0.3) is 0 Å². The summed E-state index contributed by atoms with van der Waals surface area (Å²) in [6.45, 7) is -0.106. The van der Waals surface area contributed by atoms with Crippen molar-refractivity contribution in [3.63, 3.8) is 0 Å². The Balaban J connectivity index is 2.90. The van der Waals surface area contributed by atoms with Crippen LogP contribution in [-0.2, 0) is 6.42 Å². The Labute approximate surface area is 68.6 Å². The molecular weight excluding hydrogens is 169 g/mol. The number of hydrogen-bond donors (Lipinski definition) is 1. The lowest BCUT2D eigenvalue weighted by Crippen LogP contribution is -1.97. The van der Waals surface area contributed by atoms with Gasteiger partial charge in [-0.15, -0.1) is 0 Å². The van der Waals surface area contributed by atoms with Crippen LogP contribution in [0.4, 0.5) is 4.39 Å². The number of rotatable bonds is 2. The van der Waals surface area contributed by atoms with Crippen LogP contribution >= 0.6 is 11.6 Å². The zero-order chi connectivity index (χ0) is 8.27. The van der Waals surface area contributed by atoms with Crippen molar-refractivity contribution in [3.8, 4) is 0 Å². The fraction of sp³-hybridized carbons (Fsp3) is 0.286. The molecule has 0 aliphatic carbocycles. The molecule has 0 unspecified atom stereocenters. The highest BCUT2D eigenvalue weighted by atomic mass is 35.5. The second-order valence-corrected chi connectivity index (χ2v) is 2.49. The largest absolute Gasteiger partial charge is 0.396 e. The minimum atomic E-state index is -0.466. The molecule has 1 rings (SSSR count). The summed E-state index contributed by atoms with van der Waals surface area (Å²) in [5.41, 5.74) is 0.247. The van der Waals surface area contributed by atoms with E-state index < -0.39 is 5.82 Å². The number of aliphatic hydroxyl groups is 1. The minimum Gasteiger partial charge on any atom is -0.396 e. The van der Waals surface area contributed by atoms with E-state index in [0.717, 1.165) is 0 Å². The van der Waals surface area contributed by atoms with Crippen LogP contribution in [0.5, 0.6) is 0 Å². The Bertz CT molecular complexity index is 254. The average Bonchev–Trinajstić information content (AvgIpc) is 1.95. The normalized spacial score (nSPS) is 10.1. The first-order chi connectivity index (χ1) is 5.24. The zero-order valence-corrected chi connectivity index (χ0v) is 6.48. The van der Waals surface area contributed by atoms with Crippen LogP contribution in [0, 0.1) is 5.82 Å². The van der Waals surface area contributed by atoms with Gasteiger partial charge in [-0.3, -0.25) is 4.98 Å². The highest BCUT2D eigenvalue weighted by molar-refractivity contribution is 6.30. The summed E-state index contributed by atoms with van der Waals surface area (Å²) in [5.74, 6) is -0.466. The molecule has 2 nitrogen and oxygen atoms in total. The van der Waals surface area contributed by atoms with Crippen molar-refractivity contribution in [2.75, 3.05) is 6.61 Å². The summed E-state index contributed by atoms with van der Waals surface area (Å²) < 4.78 is 12.8. The van der Waals surface area contributed by atoms with E-state index in [2.05, 4.69) is 4.98 Å². The lowest BCUT2D eigenvalue weighted by molar-refractivity contribution is 0.296. The standard InChI is InChI=1S/C7H7ClFNO/c8-5-3-6(9)7(1-2-11)10-4-5/h3-4,11H,1-2H2. The van der Waals surface area contributed by atoms with E-state index in [9.17, 15) is 4.39 Å². The highest BCUT2D eigenvalue weighted by Crippen LogP contribution is 2.11. The Morgan fingerprint density at radius 2 is 2.36 bits per heavy atom. The molecule has 1 aromatic rings. The molecule has 0 saturated heterocycles. The zero-order valence-electron chi connectivity index (χ0n) is 5.72. The smallest absolute Gasteiger partial charge is 0.146 e. The SMILES string of the molecule is OCCc1ncc(Cl)cc1F. The number of aliphatic hydroxyl groups excluding tert-OH is 1. The van der Waals surface area contributed by atoms with E-state index in [4.69, 9.17) is 16.7 Å². The van der Waals surface area contributed by atoms with E-state index in [1.807, 2.05) is 0 Å². The predicted octanol–water partition coefficient (Wildman–Crippen LogP) is 1.41. The van der Waals surface area contributed by atoms with Crippen LogP contribution in [0.2, 0.25) is 5.02 Å². The lowest BCUT2D eigenvalue weighted by atomic mass is 10.3. The molecule has 0 aromatic carbocycles. The van der Waals surface area contributed by atoms with Crippen molar-refractivity contribution in [3.05, 3.63) is 28.8 Å². The van der Waals surface area contributed by atoms with Gasteiger partial charge in [0.2, 0.25) is 0 Å². The summed E-state index contributed by atoms with van der Waals surface area (Å²) >= 11 is 5.45. The van der Waals surface area contributed by atoms with Gasteiger partial charge < -0.3 is 5.11 Å². The number of nitrogens with zero attached hydrogens (tertiary/aromatic N) is 1. The van der Waals surface area contributed by atoms with Gasteiger partial charge in [0, 0.05) is 19.2 Å². The van der Waals surface area contributed by atoms with E-state index in [1.54, 1.807) is 0 Å². The van der Waals surface area contributed by atoms with Crippen molar-refractivity contribution in [2.45, 2.75) is 6.42 Å². The van der Waals surface area contributed by atoms with Crippen molar-refractivity contribution < 1.29 is 9.50 Å². The van der Waals surface area contributed by atoms with Crippen molar-refractivity contribution in [1.82, 2.24) is 4.98 Å². The number of pyridine rings is 1. The predicted molar refractivity (Wildman–Crippen MR) is 40.0 cm³/mol. The second kappa shape index (κ2) is 3.64. The van der Waals surface area contributed by atoms with Crippen LogP contribution < -0.4 is 0 Å². The van der Waals surface area contributed by atoms with E-state index in [1.165, 1.54) is 12.3 Å². The second-order valence-electron chi connectivity index (χ2n) is 2.06. The third-order valence-corrected chi connectivity index (χ3v) is 1.44. The molecule has 60 valence electrons. The summed E-state index contributed by atoms with van der Waals surface area (Å²) in [7, 11) is 0. The fourth-order valence-electron chi connectivity index (χ4n) is 0.733. The molecule has 4 heteroatoms. The topological polar surface area (TPSA) is 33.1 Å². The maximum Gasteiger partial charge on any atom is 0.146 e. The molecule has 0 amide bonds. The van der Waals surface area contributed by atoms with Gasteiger partial charge in [0.1, 0.15) is 5.82 Å². The van der Waals surface area contributed by atoms with E-state index in [0.29, 0.717) is 0 Å². The number of hydrogen-bond acceptors (Lipinski definition) is 2. The summed E-state index contributed by atoms with van der Waals surface area (Å²) in [6.07, 6.45) is 1.58. The van der Waals surface area contributed by atoms with Gasteiger partial charge in [0.15, 0.2) is 0 Å². The quantitative estimate of drug-likeness (QED) is 0.737. The Hall–Kier alpha value is -0.670. The molecule has 0 fully saturated rings. The lowest BCUT2D eigenvalue weighted by Gasteiger charge is -1.98. The number of halogens is 2. The molecule has 0 aliphatic heterocycles. The Kier molecular flexibility index (Phi) is 2.79. The molecule has 0 spiro atoms. The first-order valence-electron chi connectivity index (χ1n) is 3.15. The molecule has 0 radical (unpaired) electrons. The molecule has 0 bridgehead atoms. The first-order valence-corrected chi connectivity index (χ1v) is 3.52. The van der Waals surface area contributed by atoms with Gasteiger partial charge in [0.25, 0.3) is 0 Å². The summed E-state index contributed by atoms with van der Waals surface area (Å²) in [6, 6.07) is 1.18. The van der Waals surface area contributed by atoms with Gasteiger partial charge in [-0.25, -0.2) is 4.39 Å². The molecule has 1 heterocycles. The molecule has 11 heavy (non-hydrogen) atoms. The third kappa shape index (κ3) is 2.13. The molecule has 1 N–H and O–H groups in total. The monoisotopic (exact) mass is 175 g/mol. The Morgan fingerprint density at radius 3 is 2.91 bits per heavy atom. The molecule has 0 aliphatic rings. The van der Waals surface area contributed by atoms with Crippen LogP contribution in [0.15, 0.2) is 12.3 Å². The molecular formula is C7H7ClFNO. The maximum atomic E-state index is 12.8. The van der Waals surface area contributed by atoms with Gasteiger partial charge in [-0.2, -0.15) is 0 Å². The minimum absolute atomic E-state index is 0.106. The summed E-state index contributed by atoms with van der Waals surface area (Å²) in [4.78, 5) is 3.70. The number of aromatic nitrogens is 1. The highest BCUT2D eigenvalue weighted by Gasteiger charge is 2.02. The average molecular weight is 176 g/mol. The van der Waals surface area contributed by atoms with Crippen LogP contribution in [-0.4, -0.2) is 16.7 Å². The van der Waals surface area contributed by atoms with Gasteiger partial charge in [0.05, 0.1) is 10.7 Å². The van der Waals surface area contributed by atoms with Gasteiger partial charge >= 0.3 is 0 Å². The van der Waals surface area contributed by atoms with Crippen molar-refractivity contribution in [1.29, 1.82) is 0 Å². The third-order valence-electron chi connectivity index (χ3n) is 1.23. The first kappa shape index (κ1) is 8.43. The fourth-order valence-corrected chi connectivity index (χ4v) is 0.877. The van der Waals surface area contributed by atoms with Crippen molar-refractivity contribution in [2.24, 2.45) is 0 Å². The molecule has 1 aromatic heterocycles. The Morgan fingerprint density at radius 1 is 1.64 bits per heavy atom. The van der Waals surface area contributed by atoms with Gasteiger partial charge in [-0.1, -0.05) is 11.6 Å². The van der Waals surface area contributed by atoms with Gasteiger partial charge in [-0.05, 0) is 6.07 Å². The van der Waals surface area contributed by atoms with Crippen LogP contribution in [0.1, 0.15) is 5.69 Å². The molecule has 0 saturated carbocycles. The molecule has 0 atom stereocenters. The summed E-state index contributed by atoms with van der Waals surface area (Å²) in [5, 5.41) is 8.74. The van der Waals surface area contributed by atoms with Crippen LogP contribution in [0.3, 0.4) is 0 Å². The van der Waals surface area contributed by atoms with E-state index >= 15 is 0 Å². The van der Waals surface area contributed by atoms with Crippen molar-refractivity contribution >= 4 is 11.6 Å². The van der Waals surface area contributed by atoms with E-state index in [-0.39, 0.29) is 23.7 Å².